The van der Waals surface area contributed by atoms with Gasteiger partial charge in [-0.25, -0.2) is 0 Å². The van der Waals surface area contributed by atoms with Gasteiger partial charge in [-0.15, -0.1) is 0 Å². The van der Waals surface area contributed by atoms with E-state index in [1.54, 1.807) is 0 Å². The summed E-state index contributed by atoms with van der Waals surface area (Å²) in [5.74, 6) is 0.156. The van der Waals surface area contributed by atoms with Crippen LogP contribution in [0, 0.1) is 0 Å². The molecule has 0 saturated carbocycles. The van der Waals surface area contributed by atoms with Crippen LogP contribution < -0.4 is 0 Å². The molecule has 2 rings (SSSR count). The van der Waals surface area contributed by atoms with Crippen LogP contribution in [0.15, 0.2) is 60.7 Å². The zero-order valence-electron chi connectivity index (χ0n) is 11.1. The van der Waals surface area contributed by atoms with Crippen LogP contribution in [-0.4, -0.2) is 6.47 Å². The summed E-state index contributed by atoms with van der Waals surface area (Å²) in [5.41, 5.74) is 2.20. The Bertz CT molecular complexity index is 519. The molecule has 0 aliphatic carbocycles. The van der Waals surface area contributed by atoms with E-state index in [0.29, 0.717) is 6.47 Å². The van der Waals surface area contributed by atoms with Crippen LogP contribution in [0.1, 0.15) is 23.1 Å². The van der Waals surface area contributed by atoms with Gasteiger partial charge in [0.1, 0.15) is 0 Å². The molecule has 0 spiro atoms. The van der Waals surface area contributed by atoms with E-state index >= 15 is 0 Å². The normalized spacial score (nSPS) is 13.1. The zero-order chi connectivity index (χ0) is 14.2. The summed E-state index contributed by atoms with van der Waals surface area (Å²) in [6, 6.07) is 20.0. The van der Waals surface area contributed by atoms with Crippen molar-refractivity contribution in [3.8, 4) is 0 Å². The van der Waals surface area contributed by atoms with E-state index < -0.39 is 23.3 Å². The van der Waals surface area contributed by atoms with Crippen molar-refractivity contribution in [1.82, 2.24) is 0 Å². The van der Waals surface area contributed by atoms with E-state index in [0.717, 1.165) is 9.49 Å². The number of ether oxygens (including phenoxy) is 1. The third-order valence-electron chi connectivity index (χ3n) is 3.34. The first-order valence-corrected chi connectivity index (χ1v) is 17.3. The summed E-state index contributed by atoms with van der Waals surface area (Å²) in [4.78, 5) is 10.9. The van der Waals surface area contributed by atoms with Gasteiger partial charge in [0.25, 0.3) is 0 Å². The molecular weight excluding hydrogens is 460 g/mol. The van der Waals surface area contributed by atoms with E-state index in [4.69, 9.17) is 13.0 Å². The molecule has 0 heterocycles. The maximum absolute atomic E-state index is 10.9. The average Bonchev–Trinajstić information content (AvgIpc) is 2.52. The Balaban J connectivity index is 2.35. The Kier molecular flexibility index (Phi) is 6.54. The fourth-order valence-electron chi connectivity index (χ4n) is 2.42. The van der Waals surface area contributed by atoms with Crippen LogP contribution >= 0.6 is 8.25 Å². The van der Waals surface area contributed by atoms with E-state index in [1.807, 2.05) is 48.5 Å². The summed E-state index contributed by atoms with van der Waals surface area (Å²) >= 11 is -1.38. The molecule has 0 N–H and O–H groups in total. The molecule has 0 radical (unpaired) electrons. The number of rotatable bonds is 7. The van der Waals surface area contributed by atoms with Crippen LogP contribution in [0.25, 0.3) is 0 Å². The van der Waals surface area contributed by atoms with Gasteiger partial charge in [-0.05, 0) is 0 Å². The monoisotopic (exact) mass is 476 g/mol. The second-order valence-corrected chi connectivity index (χ2v) is 11.6. The zero-order valence-corrected chi connectivity index (χ0v) is 17.4. The van der Waals surface area contributed by atoms with Crippen LogP contribution in [0.3, 0.4) is 0 Å². The van der Waals surface area contributed by atoms with Gasteiger partial charge in [0.2, 0.25) is 0 Å². The van der Waals surface area contributed by atoms with Crippen LogP contribution in [-0.2, 0) is 32.9 Å². The van der Waals surface area contributed by atoms with Crippen molar-refractivity contribution in [2.75, 3.05) is 0 Å². The Hall–Kier alpha value is -0.865. The van der Waals surface area contributed by atoms with Gasteiger partial charge in [-0.1, -0.05) is 0 Å². The molecule has 0 bridgehead atoms. The molecule has 0 saturated heterocycles. The molecule has 4 heteroatoms. The Morgan fingerprint density at radius 2 is 1.55 bits per heavy atom. The van der Waals surface area contributed by atoms with Crippen LogP contribution in [0.5, 0.6) is 0 Å². The molecule has 100 valence electrons. The minimum atomic E-state index is -1.38. The fourth-order valence-corrected chi connectivity index (χ4v) is 7.87. The number of hydrogen-bond acceptors (Lipinski definition) is 2. The molecule has 0 fully saturated rings. The number of hydrogen-bond donors (Lipinski definition) is 0. The van der Waals surface area contributed by atoms with Gasteiger partial charge in [0.05, 0.1) is 0 Å². The first-order valence-electron chi connectivity index (χ1n) is 6.61. The van der Waals surface area contributed by atoms with E-state index in [-0.39, 0.29) is 12.0 Å². The summed E-state index contributed by atoms with van der Waals surface area (Å²) in [7, 11) is 6.16. The summed E-state index contributed by atoms with van der Waals surface area (Å²) in [6.45, 7) is 0.540. The van der Waals surface area contributed by atoms with Gasteiger partial charge >= 0.3 is 135 Å². The molecule has 2 nitrogen and oxygen atoms in total. The molecule has 2 unspecified atom stereocenters. The molecule has 0 aromatic heterocycles. The number of carbonyl (C=O) groups is 1. The predicted octanol–water partition coefficient (Wildman–Crippen LogP) is 4.34. The topological polar surface area (TPSA) is 26.3 Å². The van der Waals surface area contributed by atoms with Gasteiger partial charge in [-0.2, -0.15) is 0 Å². The fraction of sp³-hybridized carbons (Fsp3) is 0.188. The Morgan fingerprint density at radius 3 is 2.05 bits per heavy atom. The second-order valence-electron chi connectivity index (χ2n) is 4.56. The first-order chi connectivity index (χ1) is 9.86. The maximum atomic E-state index is 10.9. The van der Waals surface area contributed by atoms with E-state index in [2.05, 4.69) is 12.1 Å². The summed E-state index contributed by atoms with van der Waals surface area (Å²) in [6.07, 6.45) is -0.255. The van der Waals surface area contributed by atoms with Crippen molar-refractivity contribution in [3.05, 3.63) is 71.8 Å². The third kappa shape index (κ3) is 4.06. The predicted molar refractivity (Wildman–Crippen MR) is 76.2 cm³/mol. The summed E-state index contributed by atoms with van der Waals surface area (Å²) in [5, 5.41) is 0. The van der Waals surface area contributed by atoms with Crippen LogP contribution in [0.4, 0.5) is 0 Å². The van der Waals surface area contributed by atoms with Crippen molar-refractivity contribution in [1.29, 1.82) is 0 Å². The first kappa shape index (κ1) is 15.5. The Morgan fingerprint density at radius 1 is 1.00 bits per heavy atom. The van der Waals surface area contributed by atoms with Crippen molar-refractivity contribution in [3.63, 3.8) is 0 Å². The molecule has 0 aliphatic rings. The average molecular weight is 475 g/mol. The van der Waals surface area contributed by atoms with Crippen molar-refractivity contribution >= 4 is 14.7 Å². The number of benzene rings is 2. The molecule has 2 aromatic rings. The van der Waals surface area contributed by atoms with Crippen molar-refractivity contribution in [2.45, 2.75) is 16.0 Å². The Labute approximate surface area is 135 Å². The molecule has 20 heavy (non-hydrogen) atoms. The molecule has 0 aliphatic heterocycles. The van der Waals surface area contributed by atoms with Gasteiger partial charge < -0.3 is 0 Å². The molecule has 2 aromatic carbocycles. The van der Waals surface area contributed by atoms with Crippen molar-refractivity contribution < 1.29 is 32.9 Å². The molecule has 2 atom stereocenters. The van der Waals surface area contributed by atoms with Gasteiger partial charge in [-0.3, -0.25) is 0 Å². The van der Waals surface area contributed by atoms with Crippen molar-refractivity contribution in [2.24, 2.45) is 0 Å². The second kappa shape index (κ2) is 8.43. The summed E-state index contributed by atoms with van der Waals surface area (Å²) < 4.78 is 6.36. The van der Waals surface area contributed by atoms with Gasteiger partial charge in [0, 0.05) is 0 Å². The standard InChI is InChI=1S/C16H15O2.ClH.Hg/c1-13(14-8-4-2-5-9-14)16(18-12-17)15-10-6-3-7-11-15;;/h2-13,16H,1H2;1H;/q;;+1/p-1. The van der Waals surface area contributed by atoms with Crippen LogP contribution in [0.2, 0.25) is 3.93 Å². The molecule has 0 amide bonds. The number of carbonyl (C=O) groups excluding carboxylic acids is 1. The number of halogens is 1. The minimum absolute atomic E-state index is 0.156. The quantitative estimate of drug-likeness (QED) is 0.440. The SMILES string of the molecule is O=COC(c1ccccc1)C([CH2][Hg][Cl])c1ccccc1. The van der Waals surface area contributed by atoms with Gasteiger partial charge in [0.15, 0.2) is 0 Å². The third-order valence-corrected chi connectivity index (χ3v) is 8.52. The van der Waals surface area contributed by atoms with E-state index in [1.165, 1.54) is 5.56 Å². The van der Waals surface area contributed by atoms with E-state index in [9.17, 15) is 4.79 Å². The molecular formula is C16H15ClHgO2.